The summed E-state index contributed by atoms with van der Waals surface area (Å²) in [6, 6.07) is 7.03. The number of aromatic nitrogens is 1. The lowest BCUT2D eigenvalue weighted by molar-refractivity contribution is -0.699. The smallest absolute Gasteiger partial charge is 0.347 e. The monoisotopic (exact) mass is 545 g/mol. The van der Waals surface area contributed by atoms with Gasteiger partial charge in [-0.05, 0) is 44.9 Å². The number of carboxylic acid groups (broad SMARTS) is 1. The Morgan fingerprint density at radius 1 is 1.13 bits per heavy atom. The summed E-state index contributed by atoms with van der Waals surface area (Å²) in [5.41, 5.74) is 0.910. The normalized spacial score (nSPS) is 11.8. The quantitative estimate of drug-likeness (QED) is 0.141. The van der Waals surface area contributed by atoms with Crippen molar-refractivity contribution in [2.75, 3.05) is 25.1 Å². The van der Waals surface area contributed by atoms with Crippen molar-refractivity contribution in [3.05, 3.63) is 58.2 Å². The number of aliphatic carboxylic acids is 1. The lowest BCUT2D eigenvalue weighted by atomic mass is 10.1. The summed E-state index contributed by atoms with van der Waals surface area (Å²) in [4.78, 5) is 25.3. The third kappa shape index (κ3) is 6.99. The Kier molecular flexibility index (Phi) is 9.65. The van der Waals surface area contributed by atoms with Crippen LogP contribution in [0.4, 0.5) is 5.69 Å². The highest BCUT2D eigenvalue weighted by atomic mass is 32.2. The van der Waals surface area contributed by atoms with E-state index in [1.807, 2.05) is 26.0 Å². The van der Waals surface area contributed by atoms with Crippen LogP contribution in [0.5, 0.6) is 5.75 Å². The highest BCUT2D eigenvalue weighted by Crippen LogP contribution is 2.31. The Labute approximate surface area is 221 Å². The number of carbonyl (C=O) groups is 1. The number of methoxy groups -OCH3 is 1. The Balaban J connectivity index is 1.95. The van der Waals surface area contributed by atoms with Crippen LogP contribution in [-0.2, 0) is 21.5 Å². The maximum Gasteiger partial charge on any atom is 0.347 e. The molecule has 0 atom stereocenters. The molecule has 0 fully saturated rings. The van der Waals surface area contributed by atoms with Crippen LogP contribution in [0.2, 0.25) is 0 Å². The number of carboxylic acids is 1. The molecular formula is C27H33N2O8S+. The van der Waals surface area contributed by atoms with Crippen LogP contribution in [0, 0.1) is 0 Å². The van der Waals surface area contributed by atoms with E-state index in [9.17, 15) is 22.6 Å². The predicted molar refractivity (Wildman–Crippen MR) is 144 cm³/mol. The van der Waals surface area contributed by atoms with E-state index in [0.29, 0.717) is 42.5 Å². The Morgan fingerprint density at radius 2 is 1.87 bits per heavy atom. The minimum atomic E-state index is -4.57. The number of pyridine rings is 1. The number of nitrogens with zero attached hydrogens (tertiary/aromatic N) is 2. The van der Waals surface area contributed by atoms with Gasteiger partial charge in [-0.2, -0.15) is 8.42 Å². The summed E-state index contributed by atoms with van der Waals surface area (Å²) in [7, 11) is -3.13. The minimum absolute atomic E-state index is 0.0774. The van der Waals surface area contributed by atoms with Crippen molar-refractivity contribution in [2.45, 2.75) is 51.0 Å². The molecule has 0 aliphatic heterocycles. The zero-order valence-electron chi connectivity index (χ0n) is 21.7. The lowest BCUT2D eigenvalue weighted by Crippen LogP contribution is -2.34. The van der Waals surface area contributed by atoms with Crippen LogP contribution < -0.4 is 19.8 Å². The van der Waals surface area contributed by atoms with Crippen molar-refractivity contribution in [2.24, 2.45) is 0 Å². The van der Waals surface area contributed by atoms with Gasteiger partial charge in [0.25, 0.3) is 0 Å². The molecule has 3 aromatic rings. The first kappa shape index (κ1) is 28.9. The first-order valence-corrected chi connectivity index (χ1v) is 13.8. The van der Waals surface area contributed by atoms with Gasteiger partial charge in [-0.15, -0.1) is 0 Å². The van der Waals surface area contributed by atoms with Crippen LogP contribution >= 0.6 is 0 Å². The largest absolute Gasteiger partial charge is 0.495 e. The number of benzene rings is 1. The van der Waals surface area contributed by atoms with Gasteiger partial charge in [0.05, 0.1) is 12.5 Å². The summed E-state index contributed by atoms with van der Waals surface area (Å²) < 4.78 is 46.8. The Morgan fingerprint density at radius 3 is 2.50 bits per heavy atom. The summed E-state index contributed by atoms with van der Waals surface area (Å²) in [5, 5.41) is 9.32. The highest BCUT2D eigenvalue weighted by Gasteiger charge is 2.20. The van der Waals surface area contributed by atoms with Gasteiger partial charge in [-0.1, -0.05) is 6.08 Å². The van der Waals surface area contributed by atoms with E-state index in [1.165, 1.54) is 31.5 Å². The van der Waals surface area contributed by atoms with Crippen molar-refractivity contribution in [1.82, 2.24) is 0 Å². The Hall–Kier alpha value is -3.70. The molecule has 0 radical (unpaired) electrons. The maximum atomic E-state index is 12.9. The molecule has 1 aromatic carbocycles. The molecule has 0 amide bonds. The van der Waals surface area contributed by atoms with E-state index in [4.69, 9.17) is 14.3 Å². The average molecular weight is 546 g/mol. The topological polar surface area (TPSA) is 138 Å². The van der Waals surface area contributed by atoms with Gasteiger partial charge in [-0.25, -0.2) is 9.36 Å². The standard InChI is InChI=1S/C27H32N2O8S/c1-4-29(5-2)20-11-13-21-23(17-20)37-27(32)22(26(21)36-3)12-10-19-14-16-28(18-24(19)38(33,34)35)15-8-6-7-9-25(30)31/h10-14,16-18H,4-9,15H2,1-3H3,(H-,30,31,33,34,35)/p+1. The molecular weight excluding hydrogens is 512 g/mol. The van der Waals surface area contributed by atoms with Crippen molar-refractivity contribution in [3.63, 3.8) is 0 Å². The molecule has 2 heterocycles. The van der Waals surface area contributed by atoms with Gasteiger partial charge in [0.1, 0.15) is 23.4 Å². The van der Waals surface area contributed by atoms with Gasteiger partial charge in [0, 0.05) is 49.3 Å². The predicted octanol–water partition coefficient (Wildman–Crippen LogP) is 4.00. The SMILES string of the molecule is CCN(CC)c1ccc2c(OC)c(/C=C/c3cc[n+](CCCCCC(=O)O)cc3S(=O)(=O)O)c(=O)oc2c1. The number of anilines is 1. The molecule has 0 bridgehead atoms. The van der Waals surface area contributed by atoms with Gasteiger partial charge in [0.15, 0.2) is 17.3 Å². The second-order valence-electron chi connectivity index (χ2n) is 8.70. The fourth-order valence-corrected chi connectivity index (χ4v) is 4.97. The molecule has 204 valence electrons. The maximum absolute atomic E-state index is 12.9. The summed E-state index contributed by atoms with van der Waals surface area (Å²) in [5.74, 6) is -0.566. The molecule has 0 aliphatic rings. The number of hydrogen-bond acceptors (Lipinski definition) is 7. The van der Waals surface area contributed by atoms with E-state index >= 15 is 0 Å². The molecule has 2 N–H and O–H groups in total. The number of rotatable bonds is 13. The van der Waals surface area contributed by atoms with E-state index in [-0.39, 0.29) is 22.4 Å². The van der Waals surface area contributed by atoms with Crippen LogP contribution in [-0.4, -0.2) is 44.2 Å². The number of aryl methyl sites for hydroxylation is 1. The zero-order valence-corrected chi connectivity index (χ0v) is 22.5. The molecule has 0 saturated heterocycles. The van der Waals surface area contributed by atoms with Crippen LogP contribution in [0.25, 0.3) is 23.1 Å². The van der Waals surface area contributed by atoms with Crippen molar-refractivity contribution >= 4 is 44.9 Å². The van der Waals surface area contributed by atoms with E-state index < -0.39 is 21.7 Å². The summed E-state index contributed by atoms with van der Waals surface area (Å²) in [6.45, 7) is 6.10. The fourth-order valence-electron chi connectivity index (χ4n) is 4.26. The van der Waals surface area contributed by atoms with Crippen LogP contribution in [0.15, 0.2) is 50.8 Å². The molecule has 0 unspecified atom stereocenters. The first-order valence-electron chi connectivity index (χ1n) is 12.4. The molecule has 3 rings (SSSR count). The molecule has 0 aliphatic carbocycles. The number of fused-ring (bicyclic) bond motifs is 1. The molecule has 2 aromatic heterocycles. The summed E-state index contributed by atoms with van der Waals surface area (Å²) in [6.07, 6.45) is 7.68. The zero-order chi connectivity index (χ0) is 27.9. The lowest BCUT2D eigenvalue weighted by Gasteiger charge is -2.21. The third-order valence-electron chi connectivity index (χ3n) is 6.24. The number of hydrogen-bond donors (Lipinski definition) is 2. The number of unbranched alkanes of at least 4 members (excludes halogenated alkanes) is 2. The highest BCUT2D eigenvalue weighted by molar-refractivity contribution is 7.85. The average Bonchev–Trinajstić information content (AvgIpc) is 2.87. The van der Waals surface area contributed by atoms with E-state index in [1.54, 1.807) is 16.8 Å². The van der Waals surface area contributed by atoms with Gasteiger partial charge in [0.2, 0.25) is 0 Å². The van der Waals surface area contributed by atoms with Crippen molar-refractivity contribution in [1.29, 1.82) is 0 Å². The number of ether oxygens (including phenoxy) is 1. The first-order chi connectivity index (χ1) is 18.1. The van der Waals surface area contributed by atoms with Gasteiger partial charge < -0.3 is 19.2 Å². The van der Waals surface area contributed by atoms with E-state index in [0.717, 1.165) is 18.8 Å². The van der Waals surface area contributed by atoms with Gasteiger partial charge in [-0.3, -0.25) is 9.35 Å². The van der Waals surface area contributed by atoms with Crippen LogP contribution in [0.1, 0.15) is 50.7 Å². The summed E-state index contributed by atoms with van der Waals surface area (Å²) >= 11 is 0. The molecule has 0 spiro atoms. The molecule has 0 saturated carbocycles. The van der Waals surface area contributed by atoms with Crippen molar-refractivity contribution < 1.29 is 36.6 Å². The van der Waals surface area contributed by atoms with Crippen LogP contribution in [0.3, 0.4) is 0 Å². The fraction of sp³-hybridized carbons (Fsp3) is 0.370. The molecule has 10 nitrogen and oxygen atoms in total. The second kappa shape index (κ2) is 12.7. The third-order valence-corrected chi connectivity index (χ3v) is 7.13. The van der Waals surface area contributed by atoms with Gasteiger partial charge >= 0.3 is 21.7 Å². The van der Waals surface area contributed by atoms with E-state index in [2.05, 4.69) is 4.90 Å². The van der Waals surface area contributed by atoms with Crippen molar-refractivity contribution in [3.8, 4) is 5.75 Å². The minimum Gasteiger partial charge on any atom is -0.495 e. The Bertz CT molecular complexity index is 1490. The second-order valence-corrected chi connectivity index (χ2v) is 10.1. The molecule has 38 heavy (non-hydrogen) atoms. The molecule has 11 heteroatoms.